The molecule has 1 heterocycles. The van der Waals surface area contributed by atoms with Crippen LogP contribution in [0.2, 0.25) is 0 Å². The number of hydrogen-bond acceptors (Lipinski definition) is 2. The van der Waals surface area contributed by atoms with E-state index in [-0.39, 0.29) is 0 Å². The lowest BCUT2D eigenvalue weighted by molar-refractivity contribution is 0.911. The first-order chi connectivity index (χ1) is 10.3. The third-order valence-corrected chi connectivity index (χ3v) is 4.37. The number of nitriles is 1. The highest BCUT2D eigenvalue weighted by Gasteiger charge is 2.15. The zero-order valence-corrected chi connectivity index (χ0v) is 11.9. The molecular weight excluding hydrogens is 258 g/mol. The summed E-state index contributed by atoms with van der Waals surface area (Å²) in [6.07, 6.45) is 3.63. The van der Waals surface area contributed by atoms with Crippen LogP contribution in [0.3, 0.4) is 0 Å². The van der Waals surface area contributed by atoms with Gasteiger partial charge < -0.3 is 4.57 Å². The highest BCUT2D eigenvalue weighted by atomic mass is 15.1. The number of hydrogen-bond donors (Lipinski definition) is 0. The van der Waals surface area contributed by atoms with Crippen LogP contribution in [-0.4, -0.2) is 9.55 Å². The van der Waals surface area contributed by atoms with Crippen molar-refractivity contribution in [1.29, 1.82) is 5.26 Å². The molecular formula is C18H15N3. The average Bonchev–Trinajstić information content (AvgIpc) is 3.10. The van der Waals surface area contributed by atoms with Gasteiger partial charge in [-0.1, -0.05) is 12.1 Å². The second-order valence-electron chi connectivity index (χ2n) is 5.65. The van der Waals surface area contributed by atoms with Crippen molar-refractivity contribution < 1.29 is 0 Å². The minimum Gasteiger partial charge on any atom is -0.327 e. The summed E-state index contributed by atoms with van der Waals surface area (Å²) in [4.78, 5) is 4.73. The van der Waals surface area contributed by atoms with E-state index in [1.54, 1.807) is 0 Å². The third-order valence-electron chi connectivity index (χ3n) is 4.37. The van der Waals surface area contributed by atoms with E-state index in [9.17, 15) is 0 Å². The standard InChI is InChI=1S/C18H15N3/c1-21-17-8-5-12(11-19)9-16(17)20-18(21)15-7-6-13-3-2-4-14(13)10-15/h5-10H,2-4H2,1H3. The van der Waals surface area contributed by atoms with Crippen molar-refractivity contribution in [1.82, 2.24) is 9.55 Å². The fourth-order valence-corrected chi connectivity index (χ4v) is 3.24. The lowest BCUT2D eigenvalue weighted by Crippen LogP contribution is -1.93. The molecule has 21 heavy (non-hydrogen) atoms. The van der Waals surface area contributed by atoms with Crippen LogP contribution in [0, 0.1) is 11.3 Å². The maximum Gasteiger partial charge on any atom is 0.140 e. The van der Waals surface area contributed by atoms with Crippen LogP contribution >= 0.6 is 0 Å². The van der Waals surface area contributed by atoms with Gasteiger partial charge in [-0.15, -0.1) is 0 Å². The first-order valence-corrected chi connectivity index (χ1v) is 7.25. The Kier molecular flexibility index (Phi) is 2.58. The van der Waals surface area contributed by atoms with Crippen molar-refractivity contribution in [2.24, 2.45) is 7.05 Å². The summed E-state index contributed by atoms with van der Waals surface area (Å²) in [7, 11) is 2.03. The number of fused-ring (bicyclic) bond motifs is 2. The molecule has 0 saturated heterocycles. The maximum absolute atomic E-state index is 9.01. The van der Waals surface area contributed by atoms with E-state index in [0.717, 1.165) is 22.4 Å². The Balaban J connectivity index is 1.90. The molecule has 0 spiro atoms. The molecule has 0 atom stereocenters. The maximum atomic E-state index is 9.01. The first-order valence-electron chi connectivity index (χ1n) is 7.25. The summed E-state index contributed by atoms with van der Waals surface area (Å²) < 4.78 is 2.10. The number of nitrogens with zero attached hydrogens (tertiary/aromatic N) is 3. The number of aryl methyl sites for hydroxylation is 3. The van der Waals surface area contributed by atoms with Gasteiger partial charge in [0, 0.05) is 12.6 Å². The highest BCUT2D eigenvalue weighted by molar-refractivity contribution is 5.82. The zero-order valence-electron chi connectivity index (χ0n) is 11.9. The Morgan fingerprint density at radius 3 is 2.81 bits per heavy atom. The molecule has 102 valence electrons. The van der Waals surface area contributed by atoms with E-state index in [0.29, 0.717) is 5.56 Å². The normalized spacial score (nSPS) is 13.3. The van der Waals surface area contributed by atoms with Gasteiger partial charge in [0.15, 0.2) is 0 Å². The molecule has 4 rings (SSSR count). The van der Waals surface area contributed by atoms with E-state index < -0.39 is 0 Å². The van der Waals surface area contributed by atoms with E-state index in [1.807, 2.05) is 25.2 Å². The molecule has 0 saturated carbocycles. The van der Waals surface area contributed by atoms with Gasteiger partial charge in [-0.25, -0.2) is 4.98 Å². The van der Waals surface area contributed by atoms with Gasteiger partial charge >= 0.3 is 0 Å². The SMILES string of the molecule is Cn1c(-c2ccc3c(c2)CCC3)nc2cc(C#N)ccc21. The summed E-state index contributed by atoms with van der Waals surface area (Å²) in [5.41, 5.74) is 6.69. The molecule has 1 aromatic heterocycles. The number of aromatic nitrogens is 2. The molecule has 2 aromatic carbocycles. The Bertz CT molecular complexity index is 897. The van der Waals surface area contributed by atoms with E-state index in [1.165, 1.54) is 30.4 Å². The molecule has 0 fully saturated rings. The fraction of sp³-hybridized carbons (Fsp3) is 0.222. The molecule has 0 N–H and O–H groups in total. The van der Waals surface area contributed by atoms with Gasteiger partial charge in [0.2, 0.25) is 0 Å². The molecule has 1 aliphatic rings. The summed E-state index contributed by atoms with van der Waals surface area (Å²) in [6, 6.07) is 14.5. The van der Waals surface area contributed by atoms with E-state index in [2.05, 4.69) is 28.8 Å². The summed E-state index contributed by atoms with van der Waals surface area (Å²) in [5, 5.41) is 9.01. The zero-order chi connectivity index (χ0) is 14.4. The van der Waals surface area contributed by atoms with E-state index >= 15 is 0 Å². The van der Waals surface area contributed by atoms with Crippen LogP contribution in [0.15, 0.2) is 36.4 Å². The second-order valence-corrected chi connectivity index (χ2v) is 5.65. The summed E-state index contributed by atoms with van der Waals surface area (Å²) in [5.74, 6) is 0.967. The molecule has 0 bridgehead atoms. The van der Waals surface area contributed by atoms with Gasteiger partial charge in [-0.3, -0.25) is 0 Å². The molecule has 3 nitrogen and oxygen atoms in total. The van der Waals surface area contributed by atoms with E-state index in [4.69, 9.17) is 10.2 Å². The minimum atomic E-state index is 0.654. The van der Waals surface area contributed by atoms with Crippen molar-refractivity contribution in [3.8, 4) is 17.5 Å². The minimum absolute atomic E-state index is 0.654. The van der Waals surface area contributed by atoms with Crippen LogP contribution in [0.5, 0.6) is 0 Å². The van der Waals surface area contributed by atoms with Crippen LogP contribution in [0.1, 0.15) is 23.1 Å². The number of imidazole rings is 1. The quantitative estimate of drug-likeness (QED) is 0.679. The van der Waals surface area contributed by atoms with Crippen molar-refractivity contribution >= 4 is 11.0 Å². The number of benzene rings is 2. The summed E-state index contributed by atoms with van der Waals surface area (Å²) in [6.45, 7) is 0. The van der Waals surface area contributed by atoms with Gasteiger partial charge in [-0.05, 0) is 54.7 Å². The van der Waals surface area contributed by atoms with Crippen LogP contribution < -0.4 is 0 Å². The van der Waals surface area contributed by atoms with Gasteiger partial charge in [0.05, 0.1) is 22.7 Å². The molecule has 0 unspecified atom stereocenters. The lowest BCUT2D eigenvalue weighted by Gasteiger charge is -2.05. The molecule has 3 aromatic rings. The van der Waals surface area contributed by atoms with Crippen molar-refractivity contribution in [2.45, 2.75) is 19.3 Å². The van der Waals surface area contributed by atoms with Crippen LogP contribution in [0.4, 0.5) is 0 Å². The second kappa shape index (κ2) is 4.46. The Hall–Kier alpha value is -2.60. The topological polar surface area (TPSA) is 41.6 Å². The van der Waals surface area contributed by atoms with Gasteiger partial charge in [0.1, 0.15) is 5.82 Å². The molecule has 3 heteroatoms. The molecule has 0 amide bonds. The summed E-state index contributed by atoms with van der Waals surface area (Å²) >= 11 is 0. The molecule has 0 radical (unpaired) electrons. The highest BCUT2D eigenvalue weighted by Crippen LogP contribution is 2.29. The van der Waals surface area contributed by atoms with Crippen molar-refractivity contribution in [2.75, 3.05) is 0 Å². The molecule has 0 aliphatic heterocycles. The van der Waals surface area contributed by atoms with Crippen LogP contribution in [-0.2, 0) is 19.9 Å². The monoisotopic (exact) mass is 273 g/mol. The van der Waals surface area contributed by atoms with Gasteiger partial charge in [-0.2, -0.15) is 5.26 Å². The number of rotatable bonds is 1. The Morgan fingerprint density at radius 2 is 1.95 bits per heavy atom. The van der Waals surface area contributed by atoms with Crippen molar-refractivity contribution in [3.63, 3.8) is 0 Å². The Morgan fingerprint density at radius 1 is 1.10 bits per heavy atom. The third kappa shape index (κ3) is 1.84. The fourth-order valence-electron chi connectivity index (χ4n) is 3.24. The van der Waals surface area contributed by atoms with Crippen molar-refractivity contribution in [3.05, 3.63) is 53.1 Å². The molecule has 1 aliphatic carbocycles. The lowest BCUT2D eigenvalue weighted by atomic mass is 10.1. The van der Waals surface area contributed by atoms with Crippen LogP contribution in [0.25, 0.3) is 22.4 Å². The predicted molar refractivity (Wildman–Crippen MR) is 82.9 cm³/mol. The van der Waals surface area contributed by atoms with Gasteiger partial charge in [0.25, 0.3) is 0 Å². The Labute approximate surface area is 123 Å². The first kappa shape index (κ1) is 12.2. The largest absolute Gasteiger partial charge is 0.327 e. The smallest absolute Gasteiger partial charge is 0.140 e. The average molecular weight is 273 g/mol. The predicted octanol–water partition coefficient (Wildman–Crippen LogP) is 3.60.